The van der Waals surface area contributed by atoms with Gasteiger partial charge in [-0.05, 0) is 106 Å². The van der Waals surface area contributed by atoms with Crippen LogP contribution < -0.4 is 0 Å². The van der Waals surface area contributed by atoms with Gasteiger partial charge in [0.15, 0.2) is 5.78 Å². The maximum Gasteiger partial charge on any atom is 0.157 e. The van der Waals surface area contributed by atoms with Gasteiger partial charge in [-0.1, -0.05) is 6.92 Å². The van der Waals surface area contributed by atoms with Gasteiger partial charge in [-0.2, -0.15) is 5.10 Å². The van der Waals surface area contributed by atoms with Crippen LogP contribution in [0, 0.1) is 41.9 Å². The molecule has 4 saturated carbocycles. The number of alkyl halides is 1. The van der Waals surface area contributed by atoms with Gasteiger partial charge in [0.25, 0.3) is 0 Å². The summed E-state index contributed by atoms with van der Waals surface area (Å²) in [6, 6.07) is 0. The van der Waals surface area contributed by atoms with E-state index >= 15 is 4.39 Å². The van der Waals surface area contributed by atoms with Gasteiger partial charge in [0.2, 0.25) is 0 Å². The predicted molar refractivity (Wildman–Crippen MR) is 114 cm³/mol. The van der Waals surface area contributed by atoms with Gasteiger partial charge >= 0.3 is 0 Å². The zero-order chi connectivity index (χ0) is 21.3. The smallest absolute Gasteiger partial charge is 0.157 e. The van der Waals surface area contributed by atoms with Gasteiger partial charge in [-0.3, -0.25) is 9.48 Å². The standard InChI is InChI=1S/C25H37FN2O2/c1-16-13-27-28(14-16)15-22(29)21-7-6-19-18-5-4-17-12-23(2,30)10-11-25(17,26)20(18)8-9-24(19,21)3/h13-14,17-21,30H,4-12,15H2,1-3H3/t17-,18+,19+,20+,21-,23-,24+,25-/m1/s1. The van der Waals surface area contributed by atoms with Crippen molar-refractivity contribution in [1.82, 2.24) is 9.78 Å². The summed E-state index contributed by atoms with van der Waals surface area (Å²) < 4.78 is 18.2. The van der Waals surface area contributed by atoms with Crippen LogP contribution in [-0.4, -0.2) is 31.9 Å². The van der Waals surface area contributed by atoms with Crippen molar-refractivity contribution in [1.29, 1.82) is 0 Å². The Kier molecular flexibility index (Phi) is 4.74. The highest BCUT2D eigenvalue weighted by Gasteiger charge is 2.63. The molecule has 1 aromatic heterocycles. The number of carbonyl (C=O) groups is 1. The second-order valence-electron chi connectivity index (χ2n) is 11.6. The zero-order valence-corrected chi connectivity index (χ0v) is 18.7. The molecule has 4 nitrogen and oxygen atoms in total. The van der Waals surface area contributed by atoms with E-state index in [1.54, 1.807) is 10.9 Å². The van der Waals surface area contributed by atoms with Crippen LogP contribution in [0.25, 0.3) is 0 Å². The molecule has 0 radical (unpaired) electrons. The fourth-order valence-electron chi connectivity index (χ4n) is 8.33. The van der Waals surface area contributed by atoms with Crippen LogP contribution in [0.3, 0.4) is 0 Å². The van der Waals surface area contributed by atoms with Crippen molar-refractivity contribution in [3.05, 3.63) is 18.0 Å². The van der Waals surface area contributed by atoms with Crippen molar-refractivity contribution >= 4 is 5.78 Å². The number of aliphatic hydroxyl groups is 1. The van der Waals surface area contributed by atoms with E-state index in [4.69, 9.17) is 0 Å². The SMILES string of the molecule is Cc1cnn(CC(=O)[C@H]2CC[C@H]3[C@@H]4CC[C@@H]5C[C@](C)(O)CC[C@]5(F)[C@H]4CC[C@]23C)c1. The number of nitrogens with zero attached hydrogens (tertiary/aromatic N) is 2. The van der Waals surface area contributed by atoms with E-state index in [0.717, 1.165) is 44.1 Å². The molecule has 0 spiro atoms. The number of aryl methyl sites for hydroxylation is 1. The fourth-order valence-corrected chi connectivity index (χ4v) is 8.33. The topological polar surface area (TPSA) is 55.1 Å². The molecular formula is C25H37FN2O2. The van der Waals surface area contributed by atoms with Crippen molar-refractivity contribution in [2.24, 2.45) is 35.0 Å². The molecule has 5 rings (SSSR count). The van der Waals surface area contributed by atoms with E-state index in [0.29, 0.717) is 43.4 Å². The lowest BCUT2D eigenvalue weighted by Crippen LogP contribution is -2.58. The average molecular weight is 417 g/mol. The molecule has 5 heteroatoms. The molecule has 0 bridgehead atoms. The third kappa shape index (κ3) is 3.10. The molecule has 0 unspecified atom stereocenters. The van der Waals surface area contributed by atoms with Crippen LogP contribution in [0.4, 0.5) is 4.39 Å². The Bertz CT molecular complexity index is 835. The van der Waals surface area contributed by atoms with Crippen LogP contribution in [0.2, 0.25) is 0 Å². The maximum absolute atomic E-state index is 16.4. The van der Waals surface area contributed by atoms with Crippen molar-refractivity contribution in [3.63, 3.8) is 0 Å². The average Bonchev–Trinajstić information content (AvgIpc) is 3.24. The quantitative estimate of drug-likeness (QED) is 0.765. The van der Waals surface area contributed by atoms with Gasteiger partial charge in [-0.25, -0.2) is 4.39 Å². The molecule has 166 valence electrons. The Labute approximate surface area is 179 Å². The maximum atomic E-state index is 16.4. The first kappa shape index (κ1) is 20.7. The summed E-state index contributed by atoms with van der Waals surface area (Å²) in [6.07, 6.45) is 11.3. The molecule has 0 aliphatic heterocycles. The number of ketones is 1. The summed E-state index contributed by atoms with van der Waals surface area (Å²) in [5.74, 6) is 1.37. The Morgan fingerprint density at radius 3 is 2.70 bits per heavy atom. The van der Waals surface area contributed by atoms with Gasteiger partial charge in [0, 0.05) is 12.1 Å². The third-order valence-corrected chi connectivity index (χ3v) is 9.78. The minimum Gasteiger partial charge on any atom is -0.390 e. The van der Waals surface area contributed by atoms with Crippen LogP contribution in [0.5, 0.6) is 0 Å². The highest BCUT2D eigenvalue weighted by Crippen LogP contribution is 2.66. The third-order valence-electron chi connectivity index (χ3n) is 9.78. The lowest BCUT2D eigenvalue weighted by atomic mass is 9.48. The van der Waals surface area contributed by atoms with Crippen LogP contribution in [0.15, 0.2) is 12.4 Å². The second-order valence-corrected chi connectivity index (χ2v) is 11.6. The molecule has 1 aromatic rings. The summed E-state index contributed by atoms with van der Waals surface area (Å²) in [6.45, 7) is 6.56. The Balaban J connectivity index is 1.34. The molecule has 4 aliphatic rings. The molecular weight excluding hydrogens is 379 g/mol. The first-order chi connectivity index (χ1) is 14.1. The molecule has 4 fully saturated rings. The number of carbonyl (C=O) groups excluding carboxylic acids is 1. The Morgan fingerprint density at radius 1 is 1.17 bits per heavy atom. The molecule has 30 heavy (non-hydrogen) atoms. The number of fused-ring (bicyclic) bond motifs is 5. The molecule has 1 heterocycles. The normalized spacial score (nSPS) is 48.0. The number of hydrogen-bond donors (Lipinski definition) is 1. The molecule has 0 aromatic carbocycles. The summed E-state index contributed by atoms with van der Waals surface area (Å²) in [4.78, 5) is 13.2. The molecule has 0 amide bonds. The fraction of sp³-hybridized carbons (Fsp3) is 0.840. The van der Waals surface area contributed by atoms with Crippen LogP contribution in [-0.2, 0) is 11.3 Å². The summed E-state index contributed by atoms with van der Waals surface area (Å²) in [7, 11) is 0. The minimum atomic E-state index is -1.11. The van der Waals surface area contributed by atoms with Crippen LogP contribution in [0.1, 0.15) is 77.2 Å². The van der Waals surface area contributed by atoms with Gasteiger partial charge in [0.1, 0.15) is 5.67 Å². The van der Waals surface area contributed by atoms with Gasteiger partial charge in [-0.15, -0.1) is 0 Å². The number of Topliss-reactive ketones (excluding diaryl/α,β-unsaturated/α-hetero) is 1. The van der Waals surface area contributed by atoms with E-state index in [1.165, 1.54) is 0 Å². The number of aromatic nitrogens is 2. The predicted octanol–water partition coefficient (Wildman–Crippen LogP) is 4.87. The minimum absolute atomic E-state index is 0.00377. The van der Waals surface area contributed by atoms with E-state index < -0.39 is 11.3 Å². The lowest BCUT2D eigenvalue weighted by Gasteiger charge is -2.59. The van der Waals surface area contributed by atoms with E-state index in [-0.39, 0.29) is 23.2 Å². The highest BCUT2D eigenvalue weighted by molar-refractivity contribution is 5.82. The van der Waals surface area contributed by atoms with E-state index in [9.17, 15) is 9.90 Å². The first-order valence-electron chi connectivity index (χ1n) is 12.1. The van der Waals surface area contributed by atoms with Gasteiger partial charge < -0.3 is 5.11 Å². The molecule has 1 N–H and O–H groups in total. The Morgan fingerprint density at radius 2 is 1.97 bits per heavy atom. The first-order valence-corrected chi connectivity index (χ1v) is 12.1. The summed E-state index contributed by atoms with van der Waals surface area (Å²) in [5.41, 5.74) is -0.730. The van der Waals surface area contributed by atoms with Crippen molar-refractivity contribution in [2.75, 3.05) is 0 Å². The van der Waals surface area contributed by atoms with Crippen LogP contribution >= 0.6 is 0 Å². The largest absolute Gasteiger partial charge is 0.390 e. The zero-order valence-electron chi connectivity index (χ0n) is 18.7. The highest BCUT2D eigenvalue weighted by atomic mass is 19.1. The molecule has 8 atom stereocenters. The van der Waals surface area contributed by atoms with Crippen molar-refractivity contribution in [3.8, 4) is 0 Å². The number of hydrogen-bond acceptors (Lipinski definition) is 3. The molecule has 4 aliphatic carbocycles. The summed E-state index contributed by atoms with van der Waals surface area (Å²) >= 11 is 0. The lowest BCUT2D eigenvalue weighted by molar-refractivity contribution is -0.166. The second kappa shape index (κ2) is 6.88. The monoisotopic (exact) mass is 416 g/mol. The Hall–Kier alpha value is -1.23. The summed E-state index contributed by atoms with van der Waals surface area (Å²) in [5, 5.41) is 14.8. The molecule has 0 saturated heterocycles. The van der Waals surface area contributed by atoms with Crippen molar-refractivity contribution in [2.45, 2.75) is 96.4 Å². The van der Waals surface area contributed by atoms with E-state index in [1.807, 2.05) is 20.0 Å². The van der Waals surface area contributed by atoms with E-state index in [2.05, 4.69) is 12.0 Å². The number of halogens is 1. The van der Waals surface area contributed by atoms with Gasteiger partial charge in [0.05, 0.1) is 18.3 Å². The van der Waals surface area contributed by atoms with Crippen molar-refractivity contribution < 1.29 is 14.3 Å². The number of rotatable bonds is 3.